The minimum absolute atomic E-state index is 0.0320. The fourth-order valence-electron chi connectivity index (χ4n) is 1.54. The quantitative estimate of drug-likeness (QED) is 0.708. The Morgan fingerprint density at radius 1 is 1.27 bits per heavy atom. The van der Waals surface area contributed by atoms with Crippen LogP contribution in [0.25, 0.3) is 0 Å². The van der Waals surface area contributed by atoms with Gasteiger partial charge in [-0.1, -0.05) is 43.5 Å². The topological polar surface area (TPSA) is 17.1 Å². The molecule has 0 bridgehead atoms. The number of hydrogen-bond acceptors (Lipinski definition) is 1. The molecule has 0 amide bonds. The summed E-state index contributed by atoms with van der Waals surface area (Å²) < 4.78 is 0. The number of ketones is 1. The Labute approximate surface area is 100 Å². The van der Waals surface area contributed by atoms with E-state index in [-0.39, 0.29) is 11.7 Å². The third-order valence-electron chi connectivity index (χ3n) is 2.32. The van der Waals surface area contributed by atoms with E-state index in [1.54, 1.807) is 18.2 Å². The monoisotopic (exact) mass is 244 g/mol. The van der Waals surface area contributed by atoms with Gasteiger partial charge in [0, 0.05) is 21.5 Å². The molecule has 0 fully saturated rings. The molecule has 1 aromatic rings. The van der Waals surface area contributed by atoms with E-state index in [0.717, 1.165) is 12.8 Å². The van der Waals surface area contributed by atoms with Gasteiger partial charge in [-0.25, -0.2) is 0 Å². The van der Waals surface area contributed by atoms with E-state index in [2.05, 4.69) is 6.92 Å². The minimum atomic E-state index is 0.0320. The van der Waals surface area contributed by atoms with Crippen LogP contribution in [-0.4, -0.2) is 5.78 Å². The van der Waals surface area contributed by atoms with Crippen LogP contribution >= 0.6 is 23.2 Å². The maximum Gasteiger partial charge on any atom is 0.165 e. The first kappa shape index (κ1) is 12.5. The highest BCUT2D eigenvalue weighted by Gasteiger charge is 2.15. The third kappa shape index (κ3) is 3.51. The molecule has 0 aliphatic carbocycles. The molecule has 0 radical (unpaired) electrons. The molecule has 0 saturated carbocycles. The highest BCUT2D eigenvalue weighted by molar-refractivity contribution is 6.35. The fourth-order valence-corrected chi connectivity index (χ4v) is 2.07. The summed E-state index contributed by atoms with van der Waals surface area (Å²) in [4.78, 5) is 11.9. The van der Waals surface area contributed by atoms with Crippen molar-refractivity contribution in [3.63, 3.8) is 0 Å². The van der Waals surface area contributed by atoms with Crippen molar-refractivity contribution in [3.05, 3.63) is 33.8 Å². The summed E-state index contributed by atoms with van der Waals surface area (Å²) in [5.74, 6) is 0.144. The van der Waals surface area contributed by atoms with Crippen molar-refractivity contribution in [2.45, 2.75) is 26.7 Å². The largest absolute Gasteiger partial charge is 0.294 e. The summed E-state index contributed by atoms with van der Waals surface area (Å²) in [6.07, 6.45) is 1.89. The molecule has 0 saturated heterocycles. The van der Waals surface area contributed by atoms with Crippen LogP contribution in [0.4, 0.5) is 0 Å². The molecular formula is C12H14Cl2O. The Morgan fingerprint density at radius 3 is 2.27 bits per heavy atom. The molecule has 0 aliphatic rings. The fraction of sp³-hybridized carbons (Fsp3) is 0.417. The van der Waals surface area contributed by atoms with Gasteiger partial charge in [-0.2, -0.15) is 0 Å². The van der Waals surface area contributed by atoms with Crippen LogP contribution in [0.15, 0.2) is 18.2 Å². The molecule has 0 aliphatic heterocycles. The van der Waals surface area contributed by atoms with Gasteiger partial charge in [0.25, 0.3) is 0 Å². The number of carbonyl (C=O) groups excluding carboxylic acids is 1. The molecular weight excluding hydrogens is 231 g/mol. The predicted octanol–water partition coefficient (Wildman–Crippen LogP) is 4.61. The molecule has 3 heteroatoms. The standard InChI is InChI=1S/C12H14Cl2O/c1-3-4-8(2)12(15)9-5-10(13)7-11(14)6-9/h5-8H,3-4H2,1-2H3. The van der Waals surface area contributed by atoms with E-state index in [1.165, 1.54) is 0 Å². The van der Waals surface area contributed by atoms with Crippen molar-refractivity contribution >= 4 is 29.0 Å². The van der Waals surface area contributed by atoms with Crippen LogP contribution in [0.1, 0.15) is 37.0 Å². The van der Waals surface area contributed by atoms with Crippen molar-refractivity contribution < 1.29 is 4.79 Å². The number of hydrogen-bond donors (Lipinski definition) is 0. The van der Waals surface area contributed by atoms with Gasteiger partial charge in [0.05, 0.1) is 0 Å². The smallest absolute Gasteiger partial charge is 0.165 e. The first-order valence-electron chi connectivity index (χ1n) is 5.05. The normalized spacial score (nSPS) is 12.5. The lowest BCUT2D eigenvalue weighted by molar-refractivity contribution is 0.0923. The van der Waals surface area contributed by atoms with Crippen molar-refractivity contribution in [2.75, 3.05) is 0 Å². The second-order valence-corrected chi connectivity index (χ2v) is 4.58. The van der Waals surface area contributed by atoms with E-state index >= 15 is 0 Å². The lowest BCUT2D eigenvalue weighted by Gasteiger charge is -2.09. The van der Waals surface area contributed by atoms with Gasteiger partial charge in [0.15, 0.2) is 5.78 Å². The van der Waals surface area contributed by atoms with E-state index in [9.17, 15) is 4.79 Å². The second-order valence-electron chi connectivity index (χ2n) is 3.71. The summed E-state index contributed by atoms with van der Waals surface area (Å²) in [5.41, 5.74) is 0.605. The van der Waals surface area contributed by atoms with E-state index in [1.807, 2.05) is 6.92 Å². The van der Waals surface area contributed by atoms with Crippen molar-refractivity contribution in [3.8, 4) is 0 Å². The summed E-state index contributed by atoms with van der Waals surface area (Å²) in [6.45, 7) is 4.00. The molecule has 15 heavy (non-hydrogen) atoms. The number of rotatable bonds is 4. The average Bonchev–Trinajstić information content (AvgIpc) is 2.15. The maximum atomic E-state index is 11.9. The lowest BCUT2D eigenvalue weighted by Crippen LogP contribution is -2.10. The van der Waals surface area contributed by atoms with Gasteiger partial charge in [-0.15, -0.1) is 0 Å². The zero-order chi connectivity index (χ0) is 11.4. The molecule has 82 valence electrons. The van der Waals surface area contributed by atoms with Gasteiger partial charge >= 0.3 is 0 Å². The van der Waals surface area contributed by atoms with Crippen LogP contribution in [0.5, 0.6) is 0 Å². The van der Waals surface area contributed by atoms with Crippen LogP contribution < -0.4 is 0 Å². The van der Waals surface area contributed by atoms with Gasteiger partial charge < -0.3 is 0 Å². The number of Topliss-reactive ketones (excluding diaryl/α,β-unsaturated/α-hetero) is 1. The third-order valence-corrected chi connectivity index (χ3v) is 2.75. The SMILES string of the molecule is CCCC(C)C(=O)c1cc(Cl)cc(Cl)c1. The van der Waals surface area contributed by atoms with Gasteiger partial charge in [0.1, 0.15) is 0 Å². The van der Waals surface area contributed by atoms with Crippen molar-refractivity contribution in [1.29, 1.82) is 0 Å². The second kappa shape index (κ2) is 5.53. The molecule has 1 atom stereocenters. The molecule has 1 unspecified atom stereocenters. The molecule has 0 spiro atoms. The minimum Gasteiger partial charge on any atom is -0.294 e. The first-order chi connectivity index (χ1) is 7.04. The summed E-state index contributed by atoms with van der Waals surface area (Å²) in [6, 6.07) is 4.97. The Morgan fingerprint density at radius 2 is 1.80 bits per heavy atom. The Bertz CT molecular complexity index is 340. The van der Waals surface area contributed by atoms with Gasteiger partial charge in [0.2, 0.25) is 0 Å². The van der Waals surface area contributed by atoms with E-state index in [4.69, 9.17) is 23.2 Å². The first-order valence-corrected chi connectivity index (χ1v) is 5.80. The zero-order valence-corrected chi connectivity index (χ0v) is 10.4. The molecule has 0 aromatic heterocycles. The van der Waals surface area contributed by atoms with Crippen LogP contribution in [0.2, 0.25) is 10.0 Å². The molecule has 1 aromatic carbocycles. The molecule has 0 N–H and O–H groups in total. The van der Waals surface area contributed by atoms with Crippen LogP contribution in [-0.2, 0) is 0 Å². The zero-order valence-electron chi connectivity index (χ0n) is 8.89. The summed E-state index contributed by atoms with van der Waals surface area (Å²) >= 11 is 11.7. The van der Waals surface area contributed by atoms with Gasteiger partial charge in [-0.05, 0) is 24.6 Å². The highest BCUT2D eigenvalue weighted by atomic mass is 35.5. The van der Waals surface area contributed by atoms with Gasteiger partial charge in [-0.3, -0.25) is 4.79 Å². The van der Waals surface area contributed by atoms with Crippen LogP contribution in [0, 0.1) is 5.92 Å². The lowest BCUT2D eigenvalue weighted by atomic mass is 9.95. The van der Waals surface area contributed by atoms with E-state index in [0.29, 0.717) is 15.6 Å². The molecule has 1 rings (SSSR count). The van der Waals surface area contributed by atoms with Crippen molar-refractivity contribution in [1.82, 2.24) is 0 Å². The number of halogens is 2. The average molecular weight is 245 g/mol. The Balaban J connectivity index is 2.90. The summed E-state index contributed by atoms with van der Waals surface area (Å²) in [7, 11) is 0. The molecule has 1 nitrogen and oxygen atoms in total. The number of carbonyl (C=O) groups is 1. The maximum absolute atomic E-state index is 11.9. The Kier molecular flexibility index (Phi) is 4.62. The number of benzene rings is 1. The van der Waals surface area contributed by atoms with Crippen molar-refractivity contribution in [2.24, 2.45) is 5.92 Å². The summed E-state index contributed by atoms with van der Waals surface area (Å²) in [5, 5.41) is 1.02. The Hall–Kier alpha value is -0.530. The predicted molar refractivity (Wildman–Crippen MR) is 64.9 cm³/mol. The van der Waals surface area contributed by atoms with E-state index < -0.39 is 0 Å². The highest BCUT2D eigenvalue weighted by Crippen LogP contribution is 2.22. The molecule has 0 heterocycles. The van der Waals surface area contributed by atoms with Crippen LogP contribution in [0.3, 0.4) is 0 Å².